The number of carbonyl (C=O) groups is 1. The van der Waals surface area contributed by atoms with Crippen molar-refractivity contribution in [2.45, 2.75) is 19.1 Å². The van der Waals surface area contributed by atoms with E-state index < -0.39 is 18.6 Å². The zero-order valence-corrected chi connectivity index (χ0v) is 11.8. The molecule has 0 radical (unpaired) electrons. The third-order valence-electron chi connectivity index (χ3n) is 2.63. The first-order valence-electron chi connectivity index (χ1n) is 6.16. The highest BCUT2D eigenvalue weighted by Gasteiger charge is 2.17. The molecular formula is C13H18F2N2O4. The minimum atomic E-state index is -3.00. The standard InChI is InChI=1S/C13H18F2N2O4/c1-19-6-5-9(16)12(18)17-10-7-8(20-2)3-4-11(10)21-13(14)15/h3-4,7,9,13H,5-6,16H2,1-2H3,(H,17,18). The van der Waals surface area contributed by atoms with E-state index in [-0.39, 0.29) is 11.4 Å². The van der Waals surface area contributed by atoms with Crippen molar-refractivity contribution < 1.29 is 27.8 Å². The summed E-state index contributed by atoms with van der Waals surface area (Å²) in [4.78, 5) is 11.9. The average molecular weight is 304 g/mol. The first-order chi connectivity index (χ1) is 9.97. The van der Waals surface area contributed by atoms with Crippen molar-refractivity contribution in [2.75, 3.05) is 26.1 Å². The van der Waals surface area contributed by atoms with E-state index in [4.69, 9.17) is 15.2 Å². The van der Waals surface area contributed by atoms with E-state index in [1.54, 1.807) is 0 Å². The number of anilines is 1. The number of ether oxygens (including phenoxy) is 3. The number of hydrogen-bond acceptors (Lipinski definition) is 5. The first kappa shape index (κ1) is 17.1. The Morgan fingerprint density at radius 2 is 2.10 bits per heavy atom. The quantitative estimate of drug-likeness (QED) is 0.762. The Bertz CT molecular complexity index is 471. The molecule has 0 bridgehead atoms. The van der Waals surface area contributed by atoms with Crippen molar-refractivity contribution in [3.8, 4) is 11.5 Å². The number of amides is 1. The lowest BCUT2D eigenvalue weighted by molar-refractivity contribution is -0.117. The molecule has 118 valence electrons. The molecule has 1 amide bonds. The normalized spacial score (nSPS) is 12.1. The molecule has 0 aliphatic carbocycles. The maximum absolute atomic E-state index is 12.3. The Kier molecular flexibility index (Phi) is 6.83. The number of nitrogens with two attached hydrogens (primary N) is 1. The summed E-state index contributed by atoms with van der Waals surface area (Å²) >= 11 is 0. The van der Waals surface area contributed by atoms with Gasteiger partial charge in [0.05, 0.1) is 18.8 Å². The summed E-state index contributed by atoms with van der Waals surface area (Å²) in [5, 5.41) is 2.44. The minimum absolute atomic E-state index is 0.0625. The topological polar surface area (TPSA) is 82.8 Å². The number of methoxy groups -OCH3 is 2. The summed E-state index contributed by atoms with van der Waals surface area (Å²) in [5.74, 6) is -0.310. The number of hydrogen-bond donors (Lipinski definition) is 2. The molecule has 0 saturated carbocycles. The lowest BCUT2D eigenvalue weighted by atomic mass is 10.2. The van der Waals surface area contributed by atoms with Gasteiger partial charge in [-0.1, -0.05) is 0 Å². The molecule has 1 rings (SSSR count). The van der Waals surface area contributed by atoms with Crippen LogP contribution in [-0.2, 0) is 9.53 Å². The number of nitrogens with one attached hydrogen (secondary N) is 1. The lowest BCUT2D eigenvalue weighted by Crippen LogP contribution is -2.36. The van der Waals surface area contributed by atoms with Crippen LogP contribution in [0, 0.1) is 0 Å². The van der Waals surface area contributed by atoms with Crippen LogP contribution in [0.3, 0.4) is 0 Å². The van der Waals surface area contributed by atoms with E-state index in [0.29, 0.717) is 18.8 Å². The smallest absolute Gasteiger partial charge is 0.387 e. The number of benzene rings is 1. The van der Waals surface area contributed by atoms with Gasteiger partial charge in [-0.15, -0.1) is 0 Å². The maximum atomic E-state index is 12.3. The third kappa shape index (κ3) is 5.52. The van der Waals surface area contributed by atoms with Crippen molar-refractivity contribution >= 4 is 11.6 Å². The lowest BCUT2D eigenvalue weighted by Gasteiger charge is -2.15. The second-order valence-electron chi connectivity index (χ2n) is 4.12. The highest BCUT2D eigenvalue weighted by molar-refractivity contribution is 5.96. The van der Waals surface area contributed by atoms with Crippen LogP contribution in [0.2, 0.25) is 0 Å². The summed E-state index contributed by atoms with van der Waals surface area (Å²) in [7, 11) is 2.90. The van der Waals surface area contributed by atoms with E-state index in [0.717, 1.165) is 0 Å². The van der Waals surface area contributed by atoms with Crippen LogP contribution in [0.5, 0.6) is 11.5 Å². The fraction of sp³-hybridized carbons (Fsp3) is 0.462. The van der Waals surface area contributed by atoms with Gasteiger partial charge in [0.1, 0.15) is 11.5 Å². The average Bonchev–Trinajstić information content (AvgIpc) is 2.45. The van der Waals surface area contributed by atoms with Gasteiger partial charge >= 0.3 is 6.61 Å². The third-order valence-corrected chi connectivity index (χ3v) is 2.63. The van der Waals surface area contributed by atoms with Crippen molar-refractivity contribution in [1.29, 1.82) is 0 Å². The van der Waals surface area contributed by atoms with Gasteiger partial charge < -0.3 is 25.3 Å². The van der Waals surface area contributed by atoms with Crippen LogP contribution in [-0.4, -0.2) is 39.4 Å². The van der Waals surface area contributed by atoms with Crippen LogP contribution in [0.15, 0.2) is 18.2 Å². The predicted molar refractivity (Wildman–Crippen MR) is 72.7 cm³/mol. The SMILES string of the molecule is COCCC(N)C(=O)Nc1cc(OC)ccc1OC(F)F. The molecule has 1 atom stereocenters. The van der Waals surface area contributed by atoms with Crippen LogP contribution in [0.25, 0.3) is 0 Å². The summed E-state index contributed by atoms with van der Waals surface area (Å²) in [5.41, 5.74) is 5.72. The van der Waals surface area contributed by atoms with E-state index in [2.05, 4.69) is 10.1 Å². The molecule has 21 heavy (non-hydrogen) atoms. The van der Waals surface area contributed by atoms with E-state index in [1.807, 2.05) is 0 Å². The van der Waals surface area contributed by atoms with Gasteiger partial charge in [-0.2, -0.15) is 8.78 Å². The zero-order valence-electron chi connectivity index (χ0n) is 11.8. The Labute approximate surface area is 121 Å². The number of carbonyl (C=O) groups excluding carboxylic acids is 1. The van der Waals surface area contributed by atoms with Gasteiger partial charge in [-0.25, -0.2) is 0 Å². The second-order valence-corrected chi connectivity index (χ2v) is 4.12. The van der Waals surface area contributed by atoms with Crippen molar-refractivity contribution in [3.05, 3.63) is 18.2 Å². The second kappa shape index (κ2) is 8.38. The van der Waals surface area contributed by atoms with Gasteiger partial charge in [0.2, 0.25) is 5.91 Å². The molecule has 0 saturated heterocycles. The summed E-state index contributed by atoms with van der Waals surface area (Å²) in [6.45, 7) is -2.69. The molecule has 0 aliphatic heterocycles. The Balaban J connectivity index is 2.85. The highest BCUT2D eigenvalue weighted by atomic mass is 19.3. The molecule has 0 heterocycles. The molecule has 8 heteroatoms. The molecule has 3 N–H and O–H groups in total. The Morgan fingerprint density at radius 3 is 2.67 bits per heavy atom. The summed E-state index contributed by atoms with van der Waals surface area (Å²) < 4.78 is 38.8. The van der Waals surface area contributed by atoms with Gasteiger partial charge in [0.15, 0.2) is 0 Å². The monoisotopic (exact) mass is 304 g/mol. The highest BCUT2D eigenvalue weighted by Crippen LogP contribution is 2.30. The summed E-state index contributed by atoms with van der Waals surface area (Å²) in [6, 6.07) is 3.27. The number of halogens is 2. The predicted octanol–water partition coefficient (Wildman–Crippen LogP) is 1.60. The molecule has 0 aliphatic rings. The van der Waals surface area contributed by atoms with Crippen molar-refractivity contribution in [3.63, 3.8) is 0 Å². The fourth-order valence-electron chi connectivity index (χ4n) is 1.53. The fourth-order valence-corrected chi connectivity index (χ4v) is 1.53. The van der Waals surface area contributed by atoms with Crippen LogP contribution in [0.4, 0.5) is 14.5 Å². The Hall–Kier alpha value is -1.93. The van der Waals surface area contributed by atoms with Gasteiger partial charge in [-0.3, -0.25) is 4.79 Å². The maximum Gasteiger partial charge on any atom is 0.387 e. The van der Waals surface area contributed by atoms with Gasteiger partial charge in [0.25, 0.3) is 0 Å². The Morgan fingerprint density at radius 1 is 1.38 bits per heavy atom. The molecule has 0 spiro atoms. The van der Waals surface area contributed by atoms with E-state index >= 15 is 0 Å². The van der Waals surface area contributed by atoms with E-state index in [9.17, 15) is 13.6 Å². The van der Waals surface area contributed by atoms with E-state index in [1.165, 1.54) is 32.4 Å². The molecular weight excluding hydrogens is 286 g/mol. The van der Waals surface area contributed by atoms with Crippen LogP contribution < -0.4 is 20.5 Å². The zero-order chi connectivity index (χ0) is 15.8. The number of rotatable bonds is 8. The molecule has 1 unspecified atom stereocenters. The first-order valence-corrected chi connectivity index (χ1v) is 6.16. The van der Waals surface area contributed by atoms with Gasteiger partial charge in [0, 0.05) is 19.8 Å². The minimum Gasteiger partial charge on any atom is -0.497 e. The molecule has 1 aromatic carbocycles. The molecule has 0 fully saturated rings. The van der Waals surface area contributed by atoms with Crippen LogP contribution >= 0.6 is 0 Å². The molecule has 0 aromatic heterocycles. The number of alkyl halides is 2. The molecule has 6 nitrogen and oxygen atoms in total. The largest absolute Gasteiger partial charge is 0.497 e. The van der Waals surface area contributed by atoms with Crippen molar-refractivity contribution in [2.24, 2.45) is 5.73 Å². The van der Waals surface area contributed by atoms with Crippen LogP contribution in [0.1, 0.15) is 6.42 Å². The van der Waals surface area contributed by atoms with Crippen molar-refractivity contribution in [1.82, 2.24) is 0 Å². The molecule has 1 aromatic rings. The summed E-state index contributed by atoms with van der Waals surface area (Å²) in [6.07, 6.45) is 0.303. The van der Waals surface area contributed by atoms with Gasteiger partial charge in [-0.05, 0) is 18.6 Å².